The van der Waals surface area contributed by atoms with E-state index >= 15 is 0 Å². The van der Waals surface area contributed by atoms with Crippen LogP contribution in [-0.4, -0.2) is 18.3 Å². The second-order valence-electron chi connectivity index (χ2n) is 5.03. The number of aliphatic hydroxyl groups excluding tert-OH is 1. The first-order valence-electron chi connectivity index (χ1n) is 6.59. The van der Waals surface area contributed by atoms with Crippen LogP contribution < -0.4 is 0 Å². The van der Waals surface area contributed by atoms with Crippen molar-refractivity contribution < 1.29 is 9.84 Å². The van der Waals surface area contributed by atoms with Gasteiger partial charge in [0, 0.05) is 12.5 Å². The molecule has 94 valence electrons. The molecule has 18 heavy (non-hydrogen) atoms. The van der Waals surface area contributed by atoms with Gasteiger partial charge in [-0.3, -0.25) is 0 Å². The first kappa shape index (κ1) is 11.7. The van der Waals surface area contributed by atoms with Crippen molar-refractivity contribution >= 4 is 10.8 Å². The Bertz CT molecular complexity index is 529. The topological polar surface area (TPSA) is 29.5 Å². The molecule has 1 N–H and O–H groups in total. The lowest BCUT2D eigenvalue weighted by Gasteiger charge is -2.27. The van der Waals surface area contributed by atoms with Crippen LogP contribution in [0.2, 0.25) is 0 Å². The molecule has 0 aliphatic carbocycles. The minimum absolute atomic E-state index is 0.236. The molecule has 1 heterocycles. The number of rotatable bonds is 2. The van der Waals surface area contributed by atoms with Crippen molar-refractivity contribution in [1.82, 2.24) is 0 Å². The largest absolute Gasteiger partial charge is 0.388 e. The van der Waals surface area contributed by atoms with E-state index in [0.29, 0.717) is 6.61 Å². The summed E-state index contributed by atoms with van der Waals surface area (Å²) in [4.78, 5) is 0. The maximum Gasteiger partial charge on any atom is 0.0840 e. The predicted octanol–water partition coefficient (Wildman–Crippen LogP) is 3.30. The van der Waals surface area contributed by atoms with Gasteiger partial charge in [0.15, 0.2) is 0 Å². The molecule has 2 unspecified atom stereocenters. The van der Waals surface area contributed by atoms with Gasteiger partial charge in [0.25, 0.3) is 0 Å². The minimum atomic E-state index is -0.407. The van der Waals surface area contributed by atoms with Gasteiger partial charge in [0.05, 0.1) is 12.7 Å². The quantitative estimate of drug-likeness (QED) is 0.875. The third kappa shape index (κ3) is 2.26. The molecule has 2 aromatic carbocycles. The van der Waals surface area contributed by atoms with E-state index in [1.807, 2.05) is 18.2 Å². The van der Waals surface area contributed by atoms with Crippen LogP contribution in [0, 0.1) is 5.92 Å². The van der Waals surface area contributed by atoms with E-state index in [4.69, 9.17) is 4.74 Å². The van der Waals surface area contributed by atoms with Crippen LogP contribution in [0.15, 0.2) is 42.5 Å². The van der Waals surface area contributed by atoms with E-state index in [1.54, 1.807) is 0 Å². The van der Waals surface area contributed by atoms with Gasteiger partial charge < -0.3 is 9.84 Å². The SMILES string of the molecule is OC(c1ccc2ccccc2c1)C1CCCOC1. The second kappa shape index (κ2) is 5.09. The highest BCUT2D eigenvalue weighted by Crippen LogP contribution is 2.30. The molecule has 2 aromatic rings. The molecule has 1 aliphatic heterocycles. The summed E-state index contributed by atoms with van der Waals surface area (Å²) in [6, 6.07) is 14.4. The van der Waals surface area contributed by atoms with Crippen LogP contribution in [-0.2, 0) is 4.74 Å². The summed E-state index contributed by atoms with van der Waals surface area (Å²) in [6.45, 7) is 1.51. The lowest BCUT2D eigenvalue weighted by atomic mass is 9.90. The monoisotopic (exact) mass is 242 g/mol. The Balaban J connectivity index is 1.88. The number of ether oxygens (including phenoxy) is 1. The summed E-state index contributed by atoms with van der Waals surface area (Å²) in [5.41, 5.74) is 1.00. The van der Waals surface area contributed by atoms with Gasteiger partial charge in [0.2, 0.25) is 0 Å². The molecule has 0 aromatic heterocycles. The minimum Gasteiger partial charge on any atom is -0.388 e. The van der Waals surface area contributed by atoms with Gasteiger partial charge in [0.1, 0.15) is 0 Å². The van der Waals surface area contributed by atoms with E-state index in [9.17, 15) is 5.11 Å². The first-order chi connectivity index (χ1) is 8.84. The zero-order valence-electron chi connectivity index (χ0n) is 10.4. The van der Waals surface area contributed by atoms with Gasteiger partial charge in [-0.2, -0.15) is 0 Å². The predicted molar refractivity (Wildman–Crippen MR) is 72.5 cm³/mol. The molecule has 1 saturated heterocycles. The molecular weight excluding hydrogens is 224 g/mol. The summed E-state index contributed by atoms with van der Waals surface area (Å²) in [5.74, 6) is 0.236. The van der Waals surface area contributed by atoms with Gasteiger partial charge in [-0.1, -0.05) is 36.4 Å². The summed E-state index contributed by atoms with van der Waals surface area (Å²) in [6.07, 6.45) is 1.69. The van der Waals surface area contributed by atoms with Crippen LogP contribution in [0.3, 0.4) is 0 Å². The average Bonchev–Trinajstić information content (AvgIpc) is 2.47. The Hall–Kier alpha value is -1.38. The highest BCUT2D eigenvalue weighted by atomic mass is 16.5. The molecule has 2 nitrogen and oxygen atoms in total. The first-order valence-corrected chi connectivity index (χ1v) is 6.59. The number of benzene rings is 2. The lowest BCUT2D eigenvalue weighted by Crippen LogP contribution is -2.23. The highest BCUT2D eigenvalue weighted by Gasteiger charge is 2.23. The third-order valence-electron chi connectivity index (χ3n) is 3.76. The van der Waals surface area contributed by atoms with Crippen LogP contribution in [0.1, 0.15) is 24.5 Å². The van der Waals surface area contributed by atoms with Crippen molar-refractivity contribution in [2.45, 2.75) is 18.9 Å². The zero-order valence-corrected chi connectivity index (χ0v) is 10.4. The van der Waals surface area contributed by atoms with Crippen molar-refractivity contribution in [3.63, 3.8) is 0 Å². The van der Waals surface area contributed by atoms with Gasteiger partial charge in [-0.05, 0) is 35.2 Å². The lowest BCUT2D eigenvalue weighted by molar-refractivity contribution is -0.00991. The molecule has 0 saturated carbocycles. The normalized spacial score (nSPS) is 21.9. The number of aliphatic hydroxyl groups is 1. The Morgan fingerprint density at radius 1 is 1.11 bits per heavy atom. The molecular formula is C16H18O2. The van der Waals surface area contributed by atoms with Gasteiger partial charge >= 0.3 is 0 Å². The summed E-state index contributed by atoms with van der Waals surface area (Å²) in [7, 11) is 0. The maximum absolute atomic E-state index is 10.4. The molecule has 1 fully saturated rings. The van der Waals surface area contributed by atoms with Crippen molar-refractivity contribution in [3.05, 3.63) is 48.0 Å². The number of fused-ring (bicyclic) bond motifs is 1. The molecule has 2 heteroatoms. The van der Waals surface area contributed by atoms with E-state index in [-0.39, 0.29) is 5.92 Å². The van der Waals surface area contributed by atoms with Crippen LogP contribution in [0.5, 0.6) is 0 Å². The zero-order chi connectivity index (χ0) is 12.4. The average molecular weight is 242 g/mol. The Kier molecular flexibility index (Phi) is 3.31. The van der Waals surface area contributed by atoms with Crippen molar-refractivity contribution in [1.29, 1.82) is 0 Å². The summed E-state index contributed by atoms with van der Waals surface area (Å²) in [5, 5.41) is 12.8. The molecule has 2 atom stereocenters. The summed E-state index contributed by atoms with van der Waals surface area (Å²) >= 11 is 0. The van der Waals surface area contributed by atoms with Crippen molar-refractivity contribution in [2.24, 2.45) is 5.92 Å². The van der Waals surface area contributed by atoms with Crippen molar-refractivity contribution in [3.8, 4) is 0 Å². The number of hydrogen-bond donors (Lipinski definition) is 1. The van der Waals surface area contributed by atoms with Gasteiger partial charge in [-0.15, -0.1) is 0 Å². The van der Waals surface area contributed by atoms with Crippen LogP contribution >= 0.6 is 0 Å². The van der Waals surface area contributed by atoms with E-state index < -0.39 is 6.10 Å². The fourth-order valence-corrected chi connectivity index (χ4v) is 2.68. The van der Waals surface area contributed by atoms with Crippen molar-refractivity contribution in [2.75, 3.05) is 13.2 Å². The third-order valence-corrected chi connectivity index (χ3v) is 3.76. The fourth-order valence-electron chi connectivity index (χ4n) is 2.68. The Morgan fingerprint density at radius 3 is 2.72 bits per heavy atom. The standard InChI is InChI=1S/C16H18O2/c17-16(15-6-3-9-18-11-15)14-8-7-12-4-1-2-5-13(12)10-14/h1-2,4-5,7-8,10,15-17H,3,6,9,11H2. The fraction of sp³-hybridized carbons (Fsp3) is 0.375. The highest BCUT2D eigenvalue weighted by molar-refractivity contribution is 5.83. The Morgan fingerprint density at radius 2 is 1.94 bits per heavy atom. The van der Waals surface area contributed by atoms with E-state index in [0.717, 1.165) is 25.0 Å². The van der Waals surface area contributed by atoms with Gasteiger partial charge in [-0.25, -0.2) is 0 Å². The molecule has 0 amide bonds. The van der Waals surface area contributed by atoms with E-state index in [2.05, 4.69) is 24.3 Å². The second-order valence-corrected chi connectivity index (χ2v) is 5.03. The summed E-state index contributed by atoms with van der Waals surface area (Å²) < 4.78 is 5.45. The Labute approximate surface area is 107 Å². The molecule has 0 radical (unpaired) electrons. The maximum atomic E-state index is 10.4. The van der Waals surface area contributed by atoms with Crippen LogP contribution in [0.25, 0.3) is 10.8 Å². The molecule has 3 rings (SSSR count). The smallest absolute Gasteiger partial charge is 0.0840 e. The number of hydrogen-bond acceptors (Lipinski definition) is 2. The molecule has 0 spiro atoms. The molecule has 0 bridgehead atoms. The molecule has 1 aliphatic rings. The van der Waals surface area contributed by atoms with E-state index in [1.165, 1.54) is 10.8 Å². The van der Waals surface area contributed by atoms with Crippen LogP contribution in [0.4, 0.5) is 0 Å².